The van der Waals surface area contributed by atoms with E-state index in [1.807, 2.05) is 0 Å². The molecular formula is C11H9F5N2O2S. The number of rotatable bonds is 3. The third-order valence-electron chi connectivity index (χ3n) is 2.06. The minimum absolute atomic E-state index is 0.229. The summed E-state index contributed by atoms with van der Waals surface area (Å²) < 4.78 is 87.4. The number of hydrogen-bond acceptors (Lipinski definition) is 3. The Balaban J connectivity index is 3.34. The van der Waals surface area contributed by atoms with Gasteiger partial charge in [-0.2, -0.15) is 13.2 Å². The first-order chi connectivity index (χ1) is 9.57. The van der Waals surface area contributed by atoms with Crippen LogP contribution in [0.1, 0.15) is 5.56 Å². The van der Waals surface area contributed by atoms with Gasteiger partial charge in [0.2, 0.25) is 10.0 Å². The van der Waals surface area contributed by atoms with E-state index in [4.69, 9.17) is 5.73 Å². The summed E-state index contributed by atoms with van der Waals surface area (Å²) in [7, 11) is -4.86. The zero-order valence-electron chi connectivity index (χ0n) is 10.3. The van der Waals surface area contributed by atoms with E-state index in [0.29, 0.717) is 6.07 Å². The highest BCUT2D eigenvalue weighted by atomic mass is 32.2. The summed E-state index contributed by atoms with van der Waals surface area (Å²) in [5.41, 5.74) is 4.43. The first kappa shape index (κ1) is 17.4. The molecule has 1 rings (SSSR count). The molecule has 1 aromatic carbocycles. The van der Waals surface area contributed by atoms with Gasteiger partial charge in [-0.1, -0.05) is 11.8 Å². The topological polar surface area (TPSA) is 72.2 Å². The number of nitrogens with one attached hydrogen (secondary N) is 1. The Kier molecular flexibility index (Phi) is 5.27. The maximum Gasteiger partial charge on any atom is 0.402 e. The summed E-state index contributed by atoms with van der Waals surface area (Å²) in [5, 5.41) is 0. The molecule has 0 aliphatic rings. The van der Waals surface area contributed by atoms with Gasteiger partial charge in [0, 0.05) is 6.07 Å². The molecule has 4 nitrogen and oxygen atoms in total. The second kappa shape index (κ2) is 6.38. The molecule has 1 aromatic rings. The molecule has 0 fully saturated rings. The number of nitrogens with two attached hydrogens (primary N) is 1. The monoisotopic (exact) mass is 328 g/mol. The molecule has 0 heterocycles. The van der Waals surface area contributed by atoms with Crippen LogP contribution in [0, 0.1) is 23.5 Å². The maximum absolute atomic E-state index is 13.6. The van der Waals surface area contributed by atoms with Gasteiger partial charge in [0.25, 0.3) is 0 Å². The van der Waals surface area contributed by atoms with Gasteiger partial charge in [-0.3, -0.25) is 0 Å². The average molecular weight is 328 g/mol. The molecule has 0 radical (unpaired) electrons. The molecule has 0 saturated heterocycles. The molecule has 0 saturated carbocycles. The molecular weight excluding hydrogens is 319 g/mol. The van der Waals surface area contributed by atoms with Crippen molar-refractivity contribution in [2.24, 2.45) is 5.73 Å². The fraction of sp³-hybridized carbons (Fsp3) is 0.273. The molecule has 116 valence electrons. The lowest BCUT2D eigenvalue weighted by Crippen LogP contribution is -2.34. The molecule has 0 aliphatic heterocycles. The van der Waals surface area contributed by atoms with Crippen molar-refractivity contribution in [3.8, 4) is 11.8 Å². The SMILES string of the molecule is NCC#Cc1cc(F)cc(F)c1S(=O)(=O)NCC(F)(F)F. The van der Waals surface area contributed by atoms with Crippen LogP contribution in [0.15, 0.2) is 17.0 Å². The van der Waals surface area contributed by atoms with Crippen molar-refractivity contribution in [3.05, 3.63) is 29.3 Å². The van der Waals surface area contributed by atoms with Crippen molar-refractivity contribution < 1.29 is 30.4 Å². The number of alkyl halides is 3. The number of sulfonamides is 1. The molecule has 0 unspecified atom stereocenters. The summed E-state index contributed by atoms with van der Waals surface area (Å²) >= 11 is 0. The zero-order valence-corrected chi connectivity index (χ0v) is 11.1. The summed E-state index contributed by atoms with van der Waals surface area (Å²) in [4.78, 5) is -1.16. The Labute approximate surface area is 117 Å². The summed E-state index contributed by atoms with van der Waals surface area (Å²) in [6.45, 7) is -2.12. The smallest absolute Gasteiger partial charge is 0.320 e. The van der Waals surface area contributed by atoms with Gasteiger partial charge in [0.05, 0.1) is 12.1 Å². The Bertz CT molecular complexity index is 689. The Morgan fingerprint density at radius 1 is 1.24 bits per heavy atom. The van der Waals surface area contributed by atoms with Crippen LogP contribution in [0.3, 0.4) is 0 Å². The third-order valence-corrected chi connectivity index (χ3v) is 3.54. The molecule has 0 aromatic heterocycles. The lowest BCUT2D eigenvalue weighted by molar-refractivity contribution is -0.121. The largest absolute Gasteiger partial charge is 0.402 e. The Morgan fingerprint density at radius 2 is 1.86 bits per heavy atom. The van der Waals surface area contributed by atoms with Crippen LogP contribution in [0.5, 0.6) is 0 Å². The number of halogens is 5. The van der Waals surface area contributed by atoms with Gasteiger partial charge in [-0.25, -0.2) is 21.9 Å². The van der Waals surface area contributed by atoms with Crippen molar-refractivity contribution in [2.75, 3.05) is 13.1 Å². The van der Waals surface area contributed by atoms with Gasteiger partial charge in [0.15, 0.2) is 0 Å². The van der Waals surface area contributed by atoms with E-state index >= 15 is 0 Å². The highest BCUT2D eigenvalue weighted by Gasteiger charge is 2.32. The highest BCUT2D eigenvalue weighted by molar-refractivity contribution is 7.89. The fourth-order valence-electron chi connectivity index (χ4n) is 1.32. The third kappa shape index (κ3) is 4.96. The molecule has 0 atom stereocenters. The van der Waals surface area contributed by atoms with E-state index in [1.165, 1.54) is 4.72 Å². The van der Waals surface area contributed by atoms with Gasteiger partial charge in [0.1, 0.15) is 23.1 Å². The van der Waals surface area contributed by atoms with Crippen LogP contribution in [0.2, 0.25) is 0 Å². The van der Waals surface area contributed by atoms with Crippen LogP contribution < -0.4 is 10.5 Å². The second-order valence-electron chi connectivity index (χ2n) is 3.71. The first-order valence-corrected chi connectivity index (χ1v) is 6.79. The first-order valence-electron chi connectivity index (χ1n) is 5.31. The van der Waals surface area contributed by atoms with E-state index in [-0.39, 0.29) is 12.6 Å². The molecule has 0 amide bonds. The van der Waals surface area contributed by atoms with Gasteiger partial charge >= 0.3 is 6.18 Å². The highest BCUT2D eigenvalue weighted by Crippen LogP contribution is 2.22. The minimum Gasteiger partial charge on any atom is -0.320 e. The van der Waals surface area contributed by atoms with Crippen molar-refractivity contribution in [2.45, 2.75) is 11.1 Å². The van der Waals surface area contributed by atoms with Crippen molar-refractivity contribution in [1.82, 2.24) is 4.72 Å². The van der Waals surface area contributed by atoms with Crippen molar-refractivity contribution in [1.29, 1.82) is 0 Å². The van der Waals surface area contributed by atoms with Crippen LogP contribution in [0.4, 0.5) is 22.0 Å². The number of benzene rings is 1. The van der Waals surface area contributed by atoms with Gasteiger partial charge in [-0.15, -0.1) is 0 Å². The van der Waals surface area contributed by atoms with Crippen LogP contribution in [-0.4, -0.2) is 27.7 Å². The van der Waals surface area contributed by atoms with E-state index in [0.717, 1.165) is 0 Å². The molecule has 0 spiro atoms. The average Bonchev–Trinajstić information content (AvgIpc) is 2.32. The Morgan fingerprint density at radius 3 is 2.38 bits per heavy atom. The molecule has 0 aliphatic carbocycles. The number of hydrogen-bond donors (Lipinski definition) is 2. The molecule has 0 bridgehead atoms. The zero-order chi connectivity index (χ0) is 16.3. The summed E-state index contributed by atoms with van der Waals surface area (Å²) in [6.07, 6.45) is -4.83. The van der Waals surface area contributed by atoms with Crippen LogP contribution in [0.25, 0.3) is 0 Å². The quantitative estimate of drug-likeness (QED) is 0.645. The second-order valence-corrected chi connectivity index (χ2v) is 5.41. The van der Waals surface area contributed by atoms with Crippen molar-refractivity contribution >= 4 is 10.0 Å². The van der Waals surface area contributed by atoms with Gasteiger partial charge < -0.3 is 5.73 Å². The lowest BCUT2D eigenvalue weighted by Gasteiger charge is -2.11. The predicted molar refractivity (Wildman–Crippen MR) is 63.5 cm³/mol. The summed E-state index contributed by atoms with van der Waals surface area (Å²) in [6, 6.07) is 0.823. The lowest BCUT2D eigenvalue weighted by atomic mass is 10.2. The maximum atomic E-state index is 13.6. The minimum atomic E-state index is -4.86. The molecule has 21 heavy (non-hydrogen) atoms. The normalized spacial score (nSPS) is 11.9. The summed E-state index contributed by atoms with van der Waals surface area (Å²) in [5.74, 6) is 1.60. The van der Waals surface area contributed by atoms with E-state index in [2.05, 4.69) is 11.8 Å². The van der Waals surface area contributed by atoms with Crippen molar-refractivity contribution in [3.63, 3.8) is 0 Å². The predicted octanol–water partition coefficient (Wildman–Crippen LogP) is 1.12. The van der Waals surface area contributed by atoms with E-state index < -0.39 is 44.8 Å². The van der Waals surface area contributed by atoms with E-state index in [1.54, 1.807) is 0 Å². The van der Waals surface area contributed by atoms with Crippen LogP contribution in [-0.2, 0) is 10.0 Å². The van der Waals surface area contributed by atoms with Crippen LogP contribution >= 0.6 is 0 Å². The fourth-order valence-corrected chi connectivity index (χ4v) is 2.53. The van der Waals surface area contributed by atoms with E-state index in [9.17, 15) is 30.4 Å². The Hall–Kier alpha value is -1.70. The standard InChI is InChI=1S/C11H9F5N2O2S/c12-8-4-7(2-1-3-17)10(9(13)5-8)21(19,20)18-6-11(14,15)16/h4-5,18H,3,6,17H2. The molecule has 10 heteroatoms. The van der Waals surface area contributed by atoms with Gasteiger partial charge in [-0.05, 0) is 6.07 Å². The molecule has 3 N–H and O–H groups in total.